The lowest BCUT2D eigenvalue weighted by molar-refractivity contribution is 0.0691. The van der Waals surface area contributed by atoms with E-state index < -0.39 is 0 Å². The first-order valence-electron chi connectivity index (χ1n) is 6.58. The summed E-state index contributed by atoms with van der Waals surface area (Å²) in [7, 11) is 0. The Balaban J connectivity index is 2.29. The SMILES string of the molecule is Cc1ccc(Br)cc1C(=O)N(Cc1cccs1)C(C)C. The van der Waals surface area contributed by atoms with Crippen molar-refractivity contribution in [2.24, 2.45) is 0 Å². The Labute approximate surface area is 132 Å². The summed E-state index contributed by atoms with van der Waals surface area (Å²) in [5.74, 6) is 0.0900. The number of halogens is 1. The van der Waals surface area contributed by atoms with Gasteiger partial charge in [0.25, 0.3) is 5.91 Å². The number of hydrogen-bond donors (Lipinski definition) is 0. The van der Waals surface area contributed by atoms with Gasteiger partial charge in [0, 0.05) is 21.0 Å². The molecule has 0 bridgehead atoms. The first-order chi connectivity index (χ1) is 9.49. The lowest BCUT2D eigenvalue weighted by Crippen LogP contribution is -2.36. The highest BCUT2D eigenvalue weighted by Gasteiger charge is 2.21. The van der Waals surface area contributed by atoms with Gasteiger partial charge in [-0.25, -0.2) is 0 Å². The van der Waals surface area contributed by atoms with E-state index in [0.717, 1.165) is 15.6 Å². The third-order valence-electron chi connectivity index (χ3n) is 3.22. The van der Waals surface area contributed by atoms with E-state index in [1.807, 2.05) is 41.5 Å². The highest BCUT2D eigenvalue weighted by molar-refractivity contribution is 9.10. The molecule has 1 amide bonds. The topological polar surface area (TPSA) is 20.3 Å². The summed E-state index contributed by atoms with van der Waals surface area (Å²) in [6.45, 7) is 6.75. The van der Waals surface area contributed by atoms with E-state index in [2.05, 4.69) is 35.8 Å². The average molecular weight is 352 g/mol. The minimum atomic E-state index is 0.0900. The van der Waals surface area contributed by atoms with Crippen molar-refractivity contribution in [3.63, 3.8) is 0 Å². The number of amides is 1. The molecule has 0 unspecified atom stereocenters. The van der Waals surface area contributed by atoms with Gasteiger partial charge in [-0.05, 0) is 49.9 Å². The summed E-state index contributed by atoms with van der Waals surface area (Å²) in [6.07, 6.45) is 0. The van der Waals surface area contributed by atoms with E-state index >= 15 is 0 Å². The summed E-state index contributed by atoms with van der Waals surface area (Å²) in [6, 6.07) is 10.1. The molecule has 20 heavy (non-hydrogen) atoms. The van der Waals surface area contributed by atoms with Gasteiger partial charge in [-0.3, -0.25) is 4.79 Å². The maximum Gasteiger partial charge on any atom is 0.254 e. The van der Waals surface area contributed by atoms with Crippen LogP contribution in [-0.4, -0.2) is 16.8 Å². The quantitative estimate of drug-likeness (QED) is 0.769. The van der Waals surface area contributed by atoms with Crippen molar-refractivity contribution in [3.8, 4) is 0 Å². The van der Waals surface area contributed by atoms with Crippen molar-refractivity contribution >= 4 is 33.2 Å². The monoisotopic (exact) mass is 351 g/mol. The van der Waals surface area contributed by atoms with Crippen LogP contribution in [0.4, 0.5) is 0 Å². The molecule has 106 valence electrons. The van der Waals surface area contributed by atoms with Gasteiger partial charge in [0.2, 0.25) is 0 Å². The largest absolute Gasteiger partial charge is 0.331 e. The molecule has 1 aromatic carbocycles. The van der Waals surface area contributed by atoms with Gasteiger partial charge in [0.05, 0.1) is 6.54 Å². The maximum absolute atomic E-state index is 12.8. The Kier molecular flexibility index (Phi) is 5.00. The number of rotatable bonds is 4. The second kappa shape index (κ2) is 6.55. The van der Waals surface area contributed by atoms with Crippen LogP contribution in [-0.2, 0) is 6.54 Å². The Bertz CT molecular complexity index is 593. The molecule has 0 aliphatic carbocycles. The van der Waals surface area contributed by atoms with Gasteiger partial charge < -0.3 is 4.90 Å². The van der Waals surface area contributed by atoms with E-state index in [9.17, 15) is 4.79 Å². The summed E-state index contributed by atoms with van der Waals surface area (Å²) in [4.78, 5) is 15.9. The molecular weight excluding hydrogens is 334 g/mol. The van der Waals surface area contributed by atoms with Crippen LogP contribution in [0.15, 0.2) is 40.2 Å². The zero-order chi connectivity index (χ0) is 14.7. The van der Waals surface area contributed by atoms with Crippen LogP contribution in [0.5, 0.6) is 0 Å². The molecule has 0 atom stereocenters. The summed E-state index contributed by atoms with van der Waals surface area (Å²) in [5, 5.41) is 2.04. The summed E-state index contributed by atoms with van der Waals surface area (Å²) >= 11 is 5.13. The van der Waals surface area contributed by atoms with Gasteiger partial charge in [0.1, 0.15) is 0 Å². The zero-order valence-electron chi connectivity index (χ0n) is 11.9. The summed E-state index contributed by atoms with van der Waals surface area (Å²) in [5.41, 5.74) is 1.78. The predicted octanol–water partition coefficient (Wildman–Crippen LogP) is 4.87. The third kappa shape index (κ3) is 3.49. The molecule has 1 heterocycles. The molecule has 0 saturated carbocycles. The van der Waals surface area contributed by atoms with Crippen molar-refractivity contribution in [1.82, 2.24) is 4.90 Å². The molecule has 0 saturated heterocycles. The average Bonchev–Trinajstić information content (AvgIpc) is 2.90. The number of nitrogens with zero attached hydrogens (tertiary/aromatic N) is 1. The molecule has 0 aliphatic heterocycles. The lowest BCUT2D eigenvalue weighted by atomic mass is 10.1. The normalized spacial score (nSPS) is 10.8. The van der Waals surface area contributed by atoms with Gasteiger partial charge in [-0.1, -0.05) is 28.1 Å². The number of aryl methyl sites for hydroxylation is 1. The number of carbonyl (C=O) groups excluding carboxylic acids is 1. The fourth-order valence-corrected chi connectivity index (χ4v) is 3.10. The number of thiophene rings is 1. The van der Waals surface area contributed by atoms with Crippen LogP contribution in [0, 0.1) is 6.92 Å². The zero-order valence-corrected chi connectivity index (χ0v) is 14.3. The second-order valence-corrected chi connectivity index (χ2v) is 7.01. The number of hydrogen-bond acceptors (Lipinski definition) is 2. The van der Waals surface area contributed by atoms with Crippen molar-refractivity contribution in [1.29, 1.82) is 0 Å². The van der Waals surface area contributed by atoms with Crippen molar-refractivity contribution in [3.05, 3.63) is 56.2 Å². The molecule has 0 N–H and O–H groups in total. The first-order valence-corrected chi connectivity index (χ1v) is 8.26. The van der Waals surface area contributed by atoms with Crippen LogP contribution in [0.25, 0.3) is 0 Å². The molecule has 1 aromatic heterocycles. The third-order valence-corrected chi connectivity index (χ3v) is 4.57. The Morgan fingerprint density at radius 2 is 2.10 bits per heavy atom. The lowest BCUT2D eigenvalue weighted by Gasteiger charge is -2.27. The van der Waals surface area contributed by atoms with Crippen molar-refractivity contribution < 1.29 is 4.79 Å². The molecule has 0 spiro atoms. The minimum Gasteiger partial charge on any atom is -0.331 e. The molecule has 2 aromatic rings. The number of carbonyl (C=O) groups is 1. The smallest absolute Gasteiger partial charge is 0.254 e. The van der Waals surface area contributed by atoms with Crippen LogP contribution in [0.1, 0.15) is 34.6 Å². The van der Waals surface area contributed by atoms with Crippen molar-refractivity contribution in [2.45, 2.75) is 33.4 Å². The molecule has 2 nitrogen and oxygen atoms in total. The molecular formula is C16H18BrNOS. The van der Waals surface area contributed by atoms with Crippen LogP contribution < -0.4 is 0 Å². The second-order valence-electron chi connectivity index (χ2n) is 5.07. The number of benzene rings is 1. The molecule has 4 heteroatoms. The highest BCUT2D eigenvalue weighted by Crippen LogP contribution is 2.21. The van der Waals surface area contributed by atoms with Gasteiger partial charge in [0.15, 0.2) is 0 Å². The van der Waals surface area contributed by atoms with E-state index in [0.29, 0.717) is 6.54 Å². The van der Waals surface area contributed by atoms with Crippen LogP contribution in [0.2, 0.25) is 0 Å². The Morgan fingerprint density at radius 3 is 2.70 bits per heavy atom. The van der Waals surface area contributed by atoms with Gasteiger partial charge in [-0.15, -0.1) is 11.3 Å². The maximum atomic E-state index is 12.8. The molecule has 2 rings (SSSR count). The molecule has 0 aliphatic rings. The highest BCUT2D eigenvalue weighted by atomic mass is 79.9. The van der Waals surface area contributed by atoms with E-state index in [1.165, 1.54) is 4.88 Å². The van der Waals surface area contributed by atoms with E-state index in [4.69, 9.17) is 0 Å². The predicted molar refractivity (Wildman–Crippen MR) is 88.2 cm³/mol. The minimum absolute atomic E-state index is 0.0900. The van der Waals surface area contributed by atoms with Gasteiger partial charge >= 0.3 is 0 Å². The van der Waals surface area contributed by atoms with E-state index in [1.54, 1.807) is 11.3 Å². The standard InChI is InChI=1S/C16H18BrNOS/c1-11(2)18(10-14-5-4-8-20-14)16(19)15-9-13(17)7-6-12(15)3/h4-9,11H,10H2,1-3H3. The van der Waals surface area contributed by atoms with E-state index in [-0.39, 0.29) is 11.9 Å². The Morgan fingerprint density at radius 1 is 1.35 bits per heavy atom. The Hall–Kier alpha value is -1.13. The molecule has 0 radical (unpaired) electrons. The fourth-order valence-electron chi connectivity index (χ4n) is 2.04. The summed E-state index contributed by atoms with van der Waals surface area (Å²) < 4.78 is 0.936. The molecule has 0 fully saturated rings. The fraction of sp³-hybridized carbons (Fsp3) is 0.312. The van der Waals surface area contributed by atoms with Crippen molar-refractivity contribution in [2.75, 3.05) is 0 Å². The first kappa shape index (κ1) is 15.3. The van der Waals surface area contributed by atoms with Crippen LogP contribution in [0.3, 0.4) is 0 Å². The van der Waals surface area contributed by atoms with Gasteiger partial charge in [-0.2, -0.15) is 0 Å². The van der Waals surface area contributed by atoms with Crippen LogP contribution >= 0.6 is 27.3 Å².